The molecule has 1 aliphatic rings. The highest BCUT2D eigenvalue weighted by Gasteiger charge is 2.22. The number of carbonyl (C=O) groups excluding carboxylic acids is 2. The predicted octanol–water partition coefficient (Wildman–Crippen LogP) is 3.32. The Morgan fingerprint density at radius 1 is 1.26 bits per heavy atom. The zero-order chi connectivity index (χ0) is 18.8. The average molecular weight is 400 g/mol. The van der Waals surface area contributed by atoms with E-state index in [9.17, 15) is 9.59 Å². The molecule has 27 heavy (non-hydrogen) atoms. The van der Waals surface area contributed by atoms with Crippen LogP contribution < -0.4 is 14.9 Å². The van der Waals surface area contributed by atoms with Crippen molar-refractivity contribution in [2.24, 2.45) is 4.99 Å². The largest absolute Gasteiger partial charge is 0.481 e. The van der Waals surface area contributed by atoms with E-state index in [4.69, 9.17) is 16.3 Å². The number of amides is 2. The molecule has 0 radical (unpaired) electrons. The Labute approximate surface area is 163 Å². The number of nitrogens with one attached hydrogen (secondary N) is 1. The topological polar surface area (TPSA) is 72.7 Å². The van der Waals surface area contributed by atoms with Gasteiger partial charge in [0.25, 0.3) is 11.8 Å². The summed E-state index contributed by atoms with van der Waals surface area (Å²) in [5, 5.41) is 5.21. The lowest BCUT2D eigenvalue weighted by molar-refractivity contribution is -0.118. The molecule has 3 aromatic rings. The van der Waals surface area contributed by atoms with Gasteiger partial charge >= 0.3 is 0 Å². The van der Waals surface area contributed by atoms with E-state index in [1.54, 1.807) is 18.2 Å². The number of hydrogen-bond acceptors (Lipinski definition) is 4. The molecule has 0 aliphatic carbocycles. The van der Waals surface area contributed by atoms with Crippen LogP contribution >= 0.6 is 22.9 Å². The van der Waals surface area contributed by atoms with Crippen LogP contribution in [0.25, 0.3) is 0 Å². The van der Waals surface area contributed by atoms with Gasteiger partial charge < -0.3 is 14.6 Å². The number of halogens is 1. The third-order valence-corrected chi connectivity index (χ3v) is 5.19. The van der Waals surface area contributed by atoms with Crippen molar-refractivity contribution in [2.45, 2.75) is 6.54 Å². The van der Waals surface area contributed by atoms with Gasteiger partial charge in [-0.05, 0) is 23.8 Å². The Morgan fingerprint density at radius 2 is 2.11 bits per heavy atom. The third kappa shape index (κ3) is 3.65. The number of fused-ring (bicyclic) bond motifs is 1. The average Bonchev–Trinajstić information content (AvgIpc) is 3.09. The number of thiazole rings is 1. The number of aromatic nitrogens is 1. The third-order valence-electron chi connectivity index (χ3n) is 4.02. The van der Waals surface area contributed by atoms with Crippen molar-refractivity contribution >= 4 is 40.4 Å². The van der Waals surface area contributed by atoms with Crippen molar-refractivity contribution in [3.05, 3.63) is 75.0 Å². The molecule has 0 bridgehead atoms. The summed E-state index contributed by atoms with van der Waals surface area (Å²) < 4.78 is 7.30. The van der Waals surface area contributed by atoms with Crippen molar-refractivity contribution in [2.75, 3.05) is 11.9 Å². The molecule has 0 spiro atoms. The zero-order valence-corrected chi connectivity index (χ0v) is 15.6. The van der Waals surface area contributed by atoms with Crippen LogP contribution in [-0.2, 0) is 11.3 Å². The SMILES string of the molecule is O=C1COc2c(cccc2C(=O)N=c2sccn2Cc2ccccc2Cl)N1. The maximum Gasteiger partial charge on any atom is 0.283 e. The monoisotopic (exact) mass is 399 g/mol. The van der Waals surface area contributed by atoms with E-state index in [2.05, 4.69) is 10.3 Å². The summed E-state index contributed by atoms with van der Waals surface area (Å²) in [6.07, 6.45) is 1.86. The first-order valence-electron chi connectivity index (χ1n) is 8.14. The summed E-state index contributed by atoms with van der Waals surface area (Å²) in [5.74, 6) is -0.335. The minimum Gasteiger partial charge on any atom is -0.481 e. The number of ether oxygens (including phenoxy) is 1. The standard InChI is InChI=1S/C19H14ClN3O3S/c20-14-6-2-1-4-12(14)10-23-8-9-27-19(23)22-18(25)13-5-3-7-15-17(13)26-11-16(24)21-15/h1-9H,10-11H2,(H,21,24). The van der Waals surface area contributed by atoms with Crippen molar-refractivity contribution in [1.29, 1.82) is 0 Å². The van der Waals surface area contributed by atoms with Crippen molar-refractivity contribution in [3.8, 4) is 5.75 Å². The van der Waals surface area contributed by atoms with Gasteiger partial charge in [0.15, 0.2) is 17.2 Å². The van der Waals surface area contributed by atoms with Crippen LogP contribution in [0.3, 0.4) is 0 Å². The molecule has 0 saturated carbocycles. The molecule has 8 heteroatoms. The second kappa shape index (κ2) is 7.38. The van der Waals surface area contributed by atoms with Gasteiger partial charge in [-0.2, -0.15) is 4.99 Å². The van der Waals surface area contributed by atoms with E-state index >= 15 is 0 Å². The molecule has 2 aromatic carbocycles. The molecule has 2 heterocycles. The minimum absolute atomic E-state index is 0.122. The first-order valence-corrected chi connectivity index (χ1v) is 9.39. The highest BCUT2D eigenvalue weighted by molar-refractivity contribution is 7.07. The molecule has 136 valence electrons. The Bertz CT molecular complexity index is 1100. The van der Waals surface area contributed by atoms with Gasteiger partial charge in [-0.25, -0.2) is 0 Å². The molecule has 0 saturated heterocycles. The van der Waals surface area contributed by atoms with E-state index in [1.165, 1.54) is 11.3 Å². The van der Waals surface area contributed by atoms with Gasteiger partial charge in [0.1, 0.15) is 0 Å². The Kier molecular flexibility index (Phi) is 4.79. The number of benzene rings is 2. The second-order valence-corrected chi connectivity index (χ2v) is 7.12. The van der Waals surface area contributed by atoms with Gasteiger partial charge in [0.2, 0.25) is 0 Å². The molecule has 1 aliphatic heterocycles. The summed E-state index contributed by atoms with van der Waals surface area (Å²) >= 11 is 7.59. The van der Waals surface area contributed by atoms with Crippen LogP contribution in [0.5, 0.6) is 5.75 Å². The van der Waals surface area contributed by atoms with Crippen LogP contribution in [0, 0.1) is 0 Å². The number of nitrogens with zero attached hydrogens (tertiary/aromatic N) is 2. The van der Waals surface area contributed by atoms with Gasteiger partial charge in [0, 0.05) is 16.6 Å². The zero-order valence-electron chi connectivity index (χ0n) is 14.0. The van der Waals surface area contributed by atoms with Crippen LogP contribution in [0.4, 0.5) is 5.69 Å². The lowest BCUT2D eigenvalue weighted by Gasteiger charge is -2.19. The molecule has 1 N–H and O–H groups in total. The van der Waals surface area contributed by atoms with Crippen molar-refractivity contribution in [3.63, 3.8) is 0 Å². The molecule has 6 nitrogen and oxygen atoms in total. The maximum absolute atomic E-state index is 12.7. The van der Waals surface area contributed by atoms with Crippen LogP contribution in [0.1, 0.15) is 15.9 Å². The fourth-order valence-corrected chi connectivity index (χ4v) is 3.67. The van der Waals surface area contributed by atoms with Crippen LogP contribution in [0.15, 0.2) is 59.0 Å². The second-order valence-electron chi connectivity index (χ2n) is 5.84. The normalized spacial score (nSPS) is 13.7. The summed E-state index contributed by atoms with van der Waals surface area (Å²) in [7, 11) is 0. The molecular formula is C19H14ClN3O3S. The first kappa shape index (κ1) is 17.5. The number of rotatable bonds is 3. The lowest BCUT2D eigenvalue weighted by Crippen LogP contribution is -2.26. The summed E-state index contributed by atoms with van der Waals surface area (Å²) in [5.41, 5.74) is 1.72. The van der Waals surface area contributed by atoms with E-state index in [0.29, 0.717) is 33.4 Å². The molecule has 1 aromatic heterocycles. The lowest BCUT2D eigenvalue weighted by atomic mass is 10.1. The molecule has 4 rings (SSSR count). The van der Waals surface area contributed by atoms with Crippen molar-refractivity contribution in [1.82, 2.24) is 4.57 Å². The van der Waals surface area contributed by atoms with Crippen LogP contribution in [0.2, 0.25) is 5.02 Å². The number of para-hydroxylation sites is 1. The van der Waals surface area contributed by atoms with E-state index in [-0.39, 0.29) is 12.5 Å². The van der Waals surface area contributed by atoms with E-state index in [0.717, 1.165) is 5.56 Å². The molecule has 0 atom stereocenters. The Morgan fingerprint density at radius 3 is 2.96 bits per heavy atom. The van der Waals surface area contributed by atoms with Gasteiger partial charge in [0.05, 0.1) is 17.8 Å². The number of anilines is 1. The fourth-order valence-electron chi connectivity index (χ4n) is 2.75. The Hall–Kier alpha value is -2.90. The van der Waals surface area contributed by atoms with E-state index in [1.807, 2.05) is 40.4 Å². The summed E-state index contributed by atoms with van der Waals surface area (Å²) in [6, 6.07) is 12.5. The van der Waals surface area contributed by atoms with Crippen molar-refractivity contribution < 1.29 is 14.3 Å². The molecule has 0 fully saturated rings. The van der Waals surface area contributed by atoms with Gasteiger partial charge in [-0.1, -0.05) is 35.9 Å². The van der Waals surface area contributed by atoms with E-state index < -0.39 is 5.91 Å². The first-order chi connectivity index (χ1) is 13.1. The Balaban J connectivity index is 1.67. The minimum atomic E-state index is -0.432. The highest BCUT2D eigenvalue weighted by atomic mass is 35.5. The molecular weight excluding hydrogens is 386 g/mol. The van der Waals surface area contributed by atoms with Gasteiger partial charge in [-0.3, -0.25) is 9.59 Å². The highest BCUT2D eigenvalue weighted by Crippen LogP contribution is 2.31. The predicted molar refractivity (Wildman–Crippen MR) is 103 cm³/mol. The smallest absolute Gasteiger partial charge is 0.283 e. The fraction of sp³-hybridized carbons (Fsp3) is 0.105. The quantitative estimate of drug-likeness (QED) is 0.734. The maximum atomic E-state index is 12.7. The van der Waals surface area contributed by atoms with Gasteiger partial charge in [-0.15, -0.1) is 11.3 Å². The molecule has 2 amide bonds. The van der Waals surface area contributed by atoms with Crippen LogP contribution in [-0.4, -0.2) is 23.0 Å². The number of hydrogen-bond donors (Lipinski definition) is 1. The molecule has 0 unspecified atom stereocenters. The summed E-state index contributed by atoms with van der Waals surface area (Å²) in [4.78, 5) is 29.0. The number of carbonyl (C=O) groups is 2. The summed E-state index contributed by atoms with van der Waals surface area (Å²) in [6.45, 7) is 0.386.